The highest BCUT2D eigenvalue weighted by Crippen LogP contribution is 2.28. The molecule has 0 amide bonds. The molecule has 0 heterocycles. The first-order chi connectivity index (χ1) is 10.0. The number of hydrogen-bond acceptors (Lipinski definition) is 5. The van der Waals surface area contributed by atoms with Crippen molar-refractivity contribution < 1.29 is 9.53 Å². The topological polar surface area (TPSA) is 88.1 Å². The van der Waals surface area contributed by atoms with Gasteiger partial charge in [0.05, 0.1) is 29.6 Å². The fourth-order valence-corrected chi connectivity index (χ4v) is 1.98. The van der Waals surface area contributed by atoms with Gasteiger partial charge in [-0.3, -0.25) is 0 Å². The lowest BCUT2D eigenvalue weighted by atomic mass is 10.1. The first kappa shape index (κ1) is 14.7. The molecule has 0 fully saturated rings. The lowest BCUT2D eigenvalue weighted by Gasteiger charge is -2.13. The van der Waals surface area contributed by atoms with Crippen LogP contribution in [0.25, 0.3) is 0 Å². The Hall–Kier alpha value is -2.71. The van der Waals surface area contributed by atoms with Crippen LogP contribution in [0.1, 0.15) is 15.9 Å². The van der Waals surface area contributed by atoms with Crippen molar-refractivity contribution in [1.82, 2.24) is 0 Å². The zero-order chi connectivity index (χ0) is 15.4. The molecule has 2 aromatic rings. The predicted molar refractivity (Wildman–Crippen MR) is 81.6 cm³/mol. The monoisotopic (exact) mass is 301 g/mol. The first-order valence-electron chi connectivity index (χ1n) is 5.99. The van der Waals surface area contributed by atoms with Crippen LogP contribution in [-0.2, 0) is 4.74 Å². The third-order valence-electron chi connectivity index (χ3n) is 2.82. The van der Waals surface area contributed by atoms with Crippen LogP contribution in [0, 0.1) is 11.3 Å². The molecule has 0 saturated carbocycles. The van der Waals surface area contributed by atoms with Gasteiger partial charge in [-0.15, -0.1) is 0 Å². The van der Waals surface area contributed by atoms with E-state index in [-0.39, 0.29) is 5.56 Å². The third kappa shape index (κ3) is 3.25. The van der Waals surface area contributed by atoms with Gasteiger partial charge in [0.1, 0.15) is 6.07 Å². The molecule has 0 saturated heterocycles. The first-order valence-corrected chi connectivity index (χ1v) is 6.37. The van der Waals surface area contributed by atoms with Crippen LogP contribution in [0.5, 0.6) is 0 Å². The molecule has 0 spiro atoms. The second kappa shape index (κ2) is 6.16. The molecule has 5 nitrogen and oxygen atoms in total. The van der Waals surface area contributed by atoms with E-state index in [4.69, 9.17) is 27.3 Å². The van der Waals surface area contributed by atoms with Crippen LogP contribution in [0.15, 0.2) is 36.4 Å². The van der Waals surface area contributed by atoms with Crippen molar-refractivity contribution in [1.29, 1.82) is 5.26 Å². The number of anilines is 3. The predicted octanol–water partition coefficient (Wildman–Crippen LogP) is 3.32. The van der Waals surface area contributed by atoms with E-state index in [0.717, 1.165) is 0 Å². The summed E-state index contributed by atoms with van der Waals surface area (Å²) in [6.45, 7) is 0. The number of nitrogens with zero attached hydrogens (tertiary/aromatic N) is 1. The zero-order valence-electron chi connectivity index (χ0n) is 11.2. The minimum Gasteiger partial charge on any atom is -0.465 e. The van der Waals surface area contributed by atoms with Gasteiger partial charge in [0.2, 0.25) is 0 Å². The van der Waals surface area contributed by atoms with Gasteiger partial charge < -0.3 is 15.8 Å². The fraction of sp³-hybridized carbons (Fsp3) is 0.0667. The number of halogens is 1. The van der Waals surface area contributed by atoms with Gasteiger partial charge in [-0.1, -0.05) is 11.6 Å². The smallest absolute Gasteiger partial charge is 0.340 e. The number of carbonyl (C=O) groups excluding carboxylic acids is 1. The maximum Gasteiger partial charge on any atom is 0.340 e. The Morgan fingerprint density at radius 3 is 2.71 bits per heavy atom. The van der Waals surface area contributed by atoms with E-state index >= 15 is 0 Å². The van der Waals surface area contributed by atoms with Crippen molar-refractivity contribution in [3.05, 3.63) is 52.5 Å². The molecule has 3 N–H and O–H groups in total. The molecular weight excluding hydrogens is 290 g/mol. The van der Waals surface area contributed by atoms with Gasteiger partial charge in [0.25, 0.3) is 0 Å². The van der Waals surface area contributed by atoms with Gasteiger partial charge in [0, 0.05) is 10.7 Å². The van der Waals surface area contributed by atoms with Crippen molar-refractivity contribution in [3.63, 3.8) is 0 Å². The number of rotatable bonds is 3. The molecule has 2 aromatic carbocycles. The zero-order valence-corrected chi connectivity index (χ0v) is 11.9. The van der Waals surface area contributed by atoms with Crippen LogP contribution in [0.4, 0.5) is 17.1 Å². The van der Waals surface area contributed by atoms with Gasteiger partial charge >= 0.3 is 5.97 Å². The number of nitriles is 1. The number of nitrogens with one attached hydrogen (secondary N) is 1. The number of methoxy groups -OCH3 is 1. The molecule has 106 valence electrons. The van der Waals surface area contributed by atoms with E-state index in [1.165, 1.54) is 13.2 Å². The molecule has 0 aliphatic heterocycles. The highest BCUT2D eigenvalue weighted by Gasteiger charge is 2.14. The molecule has 0 aliphatic carbocycles. The van der Waals surface area contributed by atoms with Crippen LogP contribution in [-0.4, -0.2) is 13.1 Å². The number of ether oxygens (including phenoxy) is 1. The maximum absolute atomic E-state index is 11.8. The summed E-state index contributed by atoms with van der Waals surface area (Å²) >= 11 is 5.93. The molecule has 0 radical (unpaired) electrons. The molecule has 21 heavy (non-hydrogen) atoms. The van der Waals surface area contributed by atoms with E-state index in [9.17, 15) is 4.79 Å². The van der Waals surface area contributed by atoms with Gasteiger partial charge in [-0.25, -0.2) is 4.79 Å². The third-order valence-corrected chi connectivity index (χ3v) is 3.06. The highest BCUT2D eigenvalue weighted by atomic mass is 35.5. The average molecular weight is 302 g/mol. The van der Waals surface area contributed by atoms with E-state index in [1.54, 1.807) is 30.3 Å². The summed E-state index contributed by atoms with van der Waals surface area (Å²) in [7, 11) is 1.29. The SMILES string of the molecule is COC(=O)c1cc(N)ccc1Nc1cc(Cl)ccc1C#N. The summed E-state index contributed by atoms with van der Waals surface area (Å²) in [5, 5.41) is 12.6. The van der Waals surface area contributed by atoms with E-state index in [2.05, 4.69) is 11.4 Å². The van der Waals surface area contributed by atoms with Crippen LogP contribution in [0.3, 0.4) is 0 Å². The Morgan fingerprint density at radius 2 is 2.05 bits per heavy atom. The number of esters is 1. The Labute approximate surface area is 126 Å². The van der Waals surface area contributed by atoms with Crippen molar-refractivity contribution in [2.24, 2.45) is 0 Å². The van der Waals surface area contributed by atoms with E-state index in [1.807, 2.05) is 0 Å². The van der Waals surface area contributed by atoms with Crippen LogP contribution < -0.4 is 11.1 Å². The van der Waals surface area contributed by atoms with Gasteiger partial charge in [0.15, 0.2) is 0 Å². The van der Waals surface area contributed by atoms with Gasteiger partial charge in [-0.05, 0) is 36.4 Å². The minimum atomic E-state index is -0.523. The van der Waals surface area contributed by atoms with Crippen LogP contribution >= 0.6 is 11.6 Å². The van der Waals surface area contributed by atoms with Crippen molar-refractivity contribution >= 4 is 34.6 Å². The second-order valence-electron chi connectivity index (χ2n) is 4.22. The van der Waals surface area contributed by atoms with Crippen molar-refractivity contribution in [2.75, 3.05) is 18.2 Å². The molecule has 0 atom stereocenters. The summed E-state index contributed by atoms with van der Waals surface area (Å²) in [6, 6.07) is 11.7. The van der Waals surface area contributed by atoms with E-state index < -0.39 is 5.97 Å². The molecule has 6 heteroatoms. The Balaban J connectivity index is 2.47. The number of hydrogen-bond donors (Lipinski definition) is 2. The highest BCUT2D eigenvalue weighted by molar-refractivity contribution is 6.31. The summed E-state index contributed by atoms with van der Waals surface area (Å²) in [4.78, 5) is 11.8. The number of carbonyl (C=O) groups is 1. The Bertz CT molecular complexity index is 738. The maximum atomic E-state index is 11.8. The molecule has 0 aliphatic rings. The Morgan fingerprint density at radius 1 is 1.29 bits per heavy atom. The van der Waals surface area contributed by atoms with Gasteiger partial charge in [-0.2, -0.15) is 5.26 Å². The average Bonchev–Trinajstić information content (AvgIpc) is 2.48. The summed E-state index contributed by atoms with van der Waals surface area (Å²) in [5.74, 6) is -0.523. The number of nitrogens with two attached hydrogens (primary N) is 1. The molecular formula is C15H12ClN3O2. The fourth-order valence-electron chi connectivity index (χ4n) is 1.81. The summed E-state index contributed by atoms with van der Waals surface area (Å²) in [6.07, 6.45) is 0. The molecule has 0 unspecified atom stereocenters. The molecule has 2 rings (SSSR count). The Kier molecular flexibility index (Phi) is 4.31. The lowest BCUT2D eigenvalue weighted by molar-refractivity contribution is 0.0602. The molecule has 0 bridgehead atoms. The summed E-state index contributed by atoms with van der Waals surface area (Å²) in [5.41, 5.74) is 7.79. The van der Waals surface area contributed by atoms with Crippen LogP contribution in [0.2, 0.25) is 5.02 Å². The van der Waals surface area contributed by atoms with Crippen molar-refractivity contribution in [2.45, 2.75) is 0 Å². The molecule has 0 aromatic heterocycles. The normalized spacial score (nSPS) is 9.76. The lowest BCUT2D eigenvalue weighted by Crippen LogP contribution is -2.07. The number of nitrogen functional groups attached to an aromatic ring is 1. The minimum absolute atomic E-state index is 0.279. The summed E-state index contributed by atoms with van der Waals surface area (Å²) < 4.78 is 4.72. The van der Waals surface area contributed by atoms with Crippen molar-refractivity contribution in [3.8, 4) is 6.07 Å². The standard InChI is InChI=1S/C15H12ClN3O2/c1-21-15(20)12-7-11(18)4-5-13(12)19-14-6-10(16)3-2-9(14)8-17/h2-7,19H,18H2,1H3. The quantitative estimate of drug-likeness (QED) is 0.670. The van der Waals surface area contributed by atoms with E-state index in [0.29, 0.717) is 27.6 Å². The second-order valence-corrected chi connectivity index (χ2v) is 4.66. The largest absolute Gasteiger partial charge is 0.465 e. The number of benzene rings is 2.